The van der Waals surface area contributed by atoms with Crippen molar-refractivity contribution in [3.63, 3.8) is 0 Å². The molecule has 0 spiro atoms. The Morgan fingerprint density at radius 3 is 3.14 bits per heavy atom. The van der Waals surface area contributed by atoms with Gasteiger partial charge in [0.15, 0.2) is 0 Å². The predicted molar refractivity (Wildman–Crippen MR) is 79.3 cm³/mol. The standard InChI is InChI=1S/C15H19N3O2S/c1-10-16-17-15(20-10)11-7-14-13(4-5-19-14)18(8-11)9-12-3-2-6-21-12/h2-3,6,11,13-14H,4-5,7-9H2,1H3/t11-,13-,14-/m1/s1. The second-order valence-electron chi connectivity index (χ2n) is 5.87. The molecule has 0 radical (unpaired) electrons. The molecule has 0 saturated carbocycles. The van der Waals surface area contributed by atoms with Crippen LogP contribution in [0.15, 0.2) is 21.9 Å². The zero-order chi connectivity index (χ0) is 14.2. The van der Waals surface area contributed by atoms with Gasteiger partial charge in [-0.2, -0.15) is 0 Å². The molecule has 0 aliphatic carbocycles. The molecule has 0 bridgehead atoms. The molecule has 2 aliphatic rings. The Labute approximate surface area is 127 Å². The van der Waals surface area contributed by atoms with Gasteiger partial charge < -0.3 is 9.15 Å². The summed E-state index contributed by atoms with van der Waals surface area (Å²) in [6.45, 7) is 4.68. The van der Waals surface area contributed by atoms with E-state index in [4.69, 9.17) is 9.15 Å². The lowest BCUT2D eigenvalue weighted by molar-refractivity contribution is 0.00961. The zero-order valence-corrected chi connectivity index (χ0v) is 12.9. The number of aromatic nitrogens is 2. The van der Waals surface area contributed by atoms with Gasteiger partial charge in [0.05, 0.1) is 12.0 Å². The maximum Gasteiger partial charge on any atom is 0.220 e. The Hall–Kier alpha value is -1.24. The third kappa shape index (κ3) is 2.63. The highest BCUT2D eigenvalue weighted by molar-refractivity contribution is 7.09. The first kappa shape index (κ1) is 13.4. The molecule has 0 aromatic carbocycles. The molecule has 0 unspecified atom stereocenters. The van der Waals surface area contributed by atoms with Crippen molar-refractivity contribution in [3.05, 3.63) is 34.2 Å². The van der Waals surface area contributed by atoms with Gasteiger partial charge in [-0.25, -0.2) is 0 Å². The van der Waals surface area contributed by atoms with E-state index in [-0.39, 0.29) is 5.92 Å². The fraction of sp³-hybridized carbons (Fsp3) is 0.600. The molecule has 112 valence electrons. The van der Waals surface area contributed by atoms with Crippen molar-refractivity contribution >= 4 is 11.3 Å². The van der Waals surface area contributed by atoms with Crippen LogP contribution in [-0.4, -0.2) is 40.4 Å². The van der Waals surface area contributed by atoms with Crippen molar-refractivity contribution in [2.45, 2.75) is 44.4 Å². The highest BCUT2D eigenvalue weighted by atomic mass is 32.1. The van der Waals surface area contributed by atoms with E-state index in [1.807, 2.05) is 18.3 Å². The number of hydrogen-bond acceptors (Lipinski definition) is 6. The van der Waals surface area contributed by atoms with Gasteiger partial charge in [0.1, 0.15) is 0 Å². The summed E-state index contributed by atoms with van der Waals surface area (Å²) >= 11 is 1.82. The molecule has 0 amide bonds. The Bertz CT molecular complexity index is 598. The summed E-state index contributed by atoms with van der Waals surface area (Å²) in [7, 11) is 0. The zero-order valence-electron chi connectivity index (χ0n) is 12.1. The van der Waals surface area contributed by atoms with E-state index in [0.717, 1.165) is 38.4 Å². The summed E-state index contributed by atoms with van der Waals surface area (Å²) < 4.78 is 11.6. The highest BCUT2D eigenvalue weighted by Crippen LogP contribution is 2.36. The number of piperidine rings is 1. The largest absolute Gasteiger partial charge is 0.425 e. The Morgan fingerprint density at radius 2 is 2.38 bits per heavy atom. The first-order valence-corrected chi connectivity index (χ1v) is 8.35. The van der Waals surface area contributed by atoms with Crippen LogP contribution in [0.1, 0.15) is 35.4 Å². The van der Waals surface area contributed by atoms with Crippen LogP contribution in [0.3, 0.4) is 0 Å². The van der Waals surface area contributed by atoms with Crippen LogP contribution in [0.5, 0.6) is 0 Å². The lowest BCUT2D eigenvalue weighted by Crippen LogP contribution is -2.48. The first-order chi connectivity index (χ1) is 10.3. The van der Waals surface area contributed by atoms with Gasteiger partial charge >= 0.3 is 0 Å². The number of rotatable bonds is 3. The van der Waals surface area contributed by atoms with Crippen molar-refractivity contribution in [1.82, 2.24) is 15.1 Å². The molecular weight excluding hydrogens is 286 g/mol. The molecular formula is C15H19N3O2S. The van der Waals surface area contributed by atoms with E-state index in [2.05, 4.69) is 32.6 Å². The molecule has 2 aliphatic heterocycles. The molecule has 3 atom stereocenters. The second-order valence-corrected chi connectivity index (χ2v) is 6.90. The minimum atomic E-state index is 0.283. The third-order valence-electron chi connectivity index (χ3n) is 4.45. The van der Waals surface area contributed by atoms with Gasteiger partial charge in [-0.3, -0.25) is 4.90 Å². The van der Waals surface area contributed by atoms with Gasteiger partial charge in [-0.05, 0) is 24.3 Å². The van der Waals surface area contributed by atoms with Crippen LogP contribution in [-0.2, 0) is 11.3 Å². The maximum absolute atomic E-state index is 5.94. The van der Waals surface area contributed by atoms with E-state index < -0.39 is 0 Å². The van der Waals surface area contributed by atoms with Crippen LogP contribution in [0.4, 0.5) is 0 Å². The van der Waals surface area contributed by atoms with E-state index in [1.165, 1.54) is 4.88 Å². The minimum absolute atomic E-state index is 0.283. The van der Waals surface area contributed by atoms with Crippen LogP contribution in [0.2, 0.25) is 0 Å². The second kappa shape index (κ2) is 5.51. The third-order valence-corrected chi connectivity index (χ3v) is 5.31. The molecule has 0 N–H and O–H groups in total. The van der Waals surface area contributed by atoms with Crippen molar-refractivity contribution in [2.75, 3.05) is 13.2 Å². The van der Waals surface area contributed by atoms with Gasteiger partial charge in [-0.15, -0.1) is 21.5 Å². The van der Waals surface area contributed by atoms with Gasteiger partial charge in [0.25, 0.3) is 0 Å². The Kier molecular flexibility index (Phi) is 3.52. The lowest BCUT2D eigenvalue weighted by atomic mass is 9.90. The van der Waals surface area contributed by atoms with Crippen LogP contribution < -0.4 is 0 Å². The number of fused-ring (bicyclic) bond motifs is 1. The molecule has 2 fully saturated rings. The summed E-state index contributed by atoms with van der Waals surface area (Å²) in [5.41, 5.74) is 0. The normalized spacial score (nSPS) is 29.7. The van der Waals surface area contributed by atoms with E-state index in [9.17, 15) is 0 Å². The van der Waals surface area contributed by atoms with Crippen LogP contribution in [0.25, 0.3) is 0 Å². The summed E-state index contributed by atoms with van der Waals surface area (Å²) in [4.78, 5) is 3.94. The van der Waals surface area contributed by atoms with Crippen LogP contribution in [0, 0.1) is 6.92 Å². The number of aryl methyl sites for hydroxylation is 1. The maximum atomic E-state index is 5.94. The van der Waals surface area contributed by atoms with E-state index in [0.29, 0.717) is 18.0 Å². The quantitative estimate of drug-likeness (QED) is 0.872. The number of ether oxygens (including phenoxy) is 1. The molecule has 2 saturated heterocycles. The van der Waals surface area contributed by atoms with E-state index in [1.54, 1.807) is 0 Å². The van der Waals surface area contributed by atoms with Gasteiger partial charge in [-0.1, -0.05) is 6.07 Å². The van der Waals surface area contributed by atoms with Crippen molar-refractivity contribution < 1.29 is 9.15 Å². The summed E-state index contributed by atoms with van der Waals surface area (Å²) in [5, 5.41) is 10.3. The molecule has 4 heterocycles. The number of nitrogens with zero attached hydrogens (tertiary/aromatic N) is 3. The summed E-state index contributed by atoms with van der Waals surface area (Å²) in [6, 6.07) is 4.86. The molecule has 6 heteroatoms. The molecule has 5 nitrogen and oxygen atoms in total. The monoisotopic (exact) mass is 305 g/mol. The average molecular weight is 305 g/mol. The number of hydrogen-bond donors (Lipinski definition) is 0. The van der Waals surface area contributed by atoms with Crippen molar-refractivity contribution in [1.29, 1.82) is 0 Å². The van der Waals surface area contributed by atoms with Gasteiger partial charge in [0, 0.05) is 37.5 Å². The molecule has 4 rings (SSSR count). The average Bonchev–Trinajstić information content (AvgIpc) is 3.18. The minimum Gasteiger partial charge on any atom is -0.425 e. The van der Waals surface area contributed by atoms with E-state index >= 15 is 0 Å². The lowest BCUT2D eigenvalue weighted by Gasteiger charge is -2.39. The fourth-order valence-corrected chi connectivity index (χ4v) is 4.22. The Morgan fingerprint density at radius 1 is 1.43 bits per heavy atom. The fourth-order valence-electron chi connectivity index (χ4n) is 3.49. The van der Waals surface area contributed by atoms with Gasteiger partial charge in [0.2, 0.25) is 11.8 Å². The van der Waals surface area contributed by atoms with Crippen molar-refractivity contribution in [3.8, 4) is 0 Å². The highest BCUT2D eigenvalue weighted by Gasteiger charge is 2.42. The van der Waals surface area contributed by atoms with Crippen LogP contribution >= 0.6 is 11.3 Å². The SMILES string of the molecule is Cc1nnc([C@@H]2C[C@H]3OCC[C@H]3N(Cc3cccs3)C2)o1. The smallest absolute Gasteiger partial charge is 0.220 e. The first-order valence-electron chi connectivity index (χ1n) is 7.47. The number of thiophene rings is 1. The predicted octanol–water partition coefficient (Wildman–Crippen LogP) is 2.59. The summed E-state index contributed by atoms with van der Waals surface area (Å²) in [5.74, 6) is 1.69. The topological polar surface area (TPSA) is 51.4 Å². The molecule has 2 aromatic rings. The number of likely N-dealkylation sites (tertiary alicyclic amines) is 1. The molecule has 2 aromatic heterocycles. The summed E-state index contributed by atoms with van der Waals surface area (Å²) in [6.07, 6.45) is 2.43. The molecule has 21 heavy (non-hydrogen) atoms. The Balaban J connectivity index is 1.55. The van der Waals surface area contributed by atoms with Crippen molar-refractivity contribution in [2.24, 2.45) is 0 Å².